The first-order valence-corrected chi connectivity index (χ1v) is 12.0. The van der Waals surface area contributed by atoms with Gasteiger partial charge in [0.15, 0.2) is 0 Å². The van der Waals surface area contributed by atoms with Crippen molar-refractivity contribution in [2.24, 2.45) is 0 Å². The molecule has 35 heavy (non-hydrogen) atoms. The highest BCUT2D eigenvalue weighted by molar-refractivity contribution is 6.40. The highest BCUT2D eigenvalue weighted by atomic mass is 35.5. The first-order chi connectivity index (χ1) is 17.3. The van der Waals surface area contributed by atoms with Crippen molar-refractivity contribution < 1.29 is 4.42 Å². The third-order valence-corrected chi connectivity index (χ3v) is 6.98. The van der Waals surface area contributed by atoms with Crippen molar-refractivity contribution in [3.8, 4) is 0 Å². The van der Waals surface area contributed by atoms with Gasteiger partial charge in [-0.2, -0.15) is 0 Å². The Kier molecular flexibility index (Phi) is 4.54. The molecule has 0 saturated carbocycles. The van der Waals surface area contributed by atoms with Crippen LogP contribution in [-0.2, 0) is 0 Å². The Morgan fingerprint density at radius 2 is 1.26 bits per heavy atom. The molecule has 166 valence electrons. The molecular weight excluding hydrogens is 450 g/mol. The molecular formula is C32H20ClNO. The van der Waals surface area contributed by atoms with Crippen molar-refractivity contribution in [3.63, 3.8) is 0 Å². The monoisotopic (exact) mass is 469 g/mol. The molecule has 0 unspecified atom stereocenters. The van der Waals surface area contributed by atoms with E-state index in [9.17, 15) is 0 Å². The van der Waals surface area contributed by atoms with Crippen LogP contribution in [0, 0.1) is 0 Å². The molecule has 7 aromatic rings. The molecule has 0 aliphatic rings. The van der Waals surface area contributed by atoms with Gasteiger partial charge in [-0.3, -0.25) is 0 Å². The first-order valence-electron chi connectivity index (χ1n) is 11.6. The number of halogens is 1. The molecule has 0 amide bonds. The molecule has 6 aromatic carbocycles. The zero-order chi connectivity index (χ0) is 23.4. The Morgan fingerprint density at radius 1 is 0.543 bits per heavy atom. The molecule has 2 nitrogen and oxygen atoms in total. The maximum Gasteiger partial charge on any atom is 0.144 e. The van der Waals surface area contributed by atoms with Crippen LogP contribution in [0.2, 0.25) is 5.02 Å². The molecule has 1 heterocycles. The van der Waals surface area contributed by atoms with Crippen molar-refractivity contribution in [1.29, 1.82) is 0 Å². The summed E-state index contributed by atoms with van der Waals surface area (Å²) in [6.07, 6.45) is 0. The Labute approximate surface area is 207 Å². The van der Waals surface area contributed by atoms with E-state index in [0.717, 1.165) is 49.8 Å². The van der Waals surface area contributed by atoms with E-state index < -0.39 is 0 Å². The number of furan rings is 1. The Balaban J connectivity index is 1.53. The lowest BCUT2D eigenvalue weighted by molar-refractivity contribution is 0.672. The molecule has 0 radical (unpaired) electrons. The van der Waals surface area contributed by atoms with Gasteiger partial charge in [-0.25, -0.2) is 0 Å². The molecule has 0 saturated heterocycles. The standard InChI is InChI=1S/C32H20ClNO/c33-28-19-22-10-5-7-15-26(22)32-31(28)27-20-24(17-18-30(27)35-32)34(23-12-2-1-3-13-23)29-16-8-11-21-9-4-6-14-25(21)29/h1-20H. The highest BCUT2D eigenvalue weighted by Gasteiger charge is 2.19. The normalized spacial score (nSPS) is 11.6. The van der Waals surface area contributed by atoms with Crippen molar-refractivity contribution in [3.05, 3.63) is 126 Å². The highest BCUT2D eigenvalue weighted by Crippen LogP contribution is 2.43. The predicted molar refractivity (Wildman–Crippen MR) is 148 cm³/mol. The fourth-order valence-electron chi connectivity index (χ4n) is 5.10. The van der Waals surface area contributed by atoms with Crippen molar-refractivity contribution in [2.75, 3.05) is 4.90 Å². The number of hydrogen-bond acceptors (Lipinski definition) is 2. The summed E-state index contributed by atoms with van der Waals surface area (Å²) in [5.41, 5.74) is 4.92. The number of benzene rings is 6. The van der Waals surface area contributed by atoms with Crippen LogP contribution in [0.25, 0.3) is 43.5 Å². The molecule has 0 aliphatic carbocycles. The second-order valence-corrected chi connectivity index (χ2v) is 9.14. The summed E-state index contributed by atoms with van der Waals surface area (Å²) in [6, 6.07) is 42.0. The summed E-state index contributed by atoms with van der Waals surface area (Å²) >= 11 is 6.83. The van der Waals surface area contributed by atoms with Gasteiger partial charge in [-0.1, -0.05) is 90.5 Å². The average molecular weight is 470 g/mol. The van der Waals surface area contributed by atoms with Crippen LogP contribution >= 0.6 is 11.6 Å². The fourth-order valence-corrected chi connectivity index (χ4v) is 5.40. The lowest BCUT2D eigenvalue weighted by Crippen LogP contribution is -2.10. The minimum Gasteiger partial charge on any atom is -0.455 e. The molecule has 0 N–H and O–H groups in total. The summed E-state index contributed by atoms with van der Waals surface area (Å²) in [4.78, 5) is 2.30. The molecule has 0 bridgehead atoms. The van der Waals surface area contributed by atoms with Crippen LogP contribution in [0.15, 0.2) is 126 Å². The minimum absolute atomic E-state index is 0.700. The number of nitrogens with zero attached hydrogens (tertiary/aromatic N) is 1. The molecule has 3 heteroatoms. The molecule has 0 spiro atoms. The maximum atomic E-state index is 6.83. The number of fused-ring (bicyclic) bond motifs is 6. The number of rotatable bonds is 3. The predicted octanol–water partition coefficient (Wildman–Crippen LogP) is 10.0. The lowest BCUT2D eigenvalue weighted by Gasteiger charge is -2.27. The SMILES string of the molecule is Clc1cc2ccccc2c2oc3ccc(N(c4ccccc4)c4cccc5ccccc45)cc3c12. The van der Waals surface area contributed by atoms with Crippen molar-refractivity contribution in [2.45, 2.75) is 0 Å². The van der Waals surface area contributed by atoms with Crippen LogP contribution in [0.4, 0.5) is 17.1 Å². The number of para-hydroxylation sites is 1. The molecule has 0 fully saturated rings. The second-order valence-electron chi connectivity index (χ2n) is 8.74. The Bertz CT molecular complexity index is 1860. The van der Waals surface area contributed by atoms with Gasteiger partial charge in [0.25, 0.3) is 0 Å². The zero-order valence-corrected chi connectivity index (χ0v) is 19.5. The van der Waals surface area contributed by atoms with Gasteiger partial charge >= 0.3 is 0 Å². The smallest absolute Gasteiger partial charge is 0.144 e. The van der Waals surface area contributed by atoms with E-state index >= 15 is 0 Å². The fraction of sp³-hybridized carbons (Fsp3) is 0. The average Bonchev–Trinajstić information content (AvgIpc) is 3.30. The van der Waals surface area contributed by atoms with Crippen LogP contribution in [0.1, 0.15) is 0 Å². The maximum absolute atomic E-state index is 6.83. The summed E-state index contributed by atoms with van der Waals surface area (Å²) in [6.45, 7) is 0. The van der Waals surface area contributed by atoms with Gasteiger partial charge in [0.1, 0.15) is 11.2 Å². The topological polar surface area (TPSA) is 16.4 Å². The second kappa shape index (κ2) is 7.90. The van der Waals surface area contributed by atoms with E-state index in [1.54, 1.807) is 0 Å². The first kappa shape index (κ1) is 20.1. The number of anilines is 3. The van der Waals surface area contributed by atoms with Gasteiger partial charge in [0.2, 0.25) is 0 Å². The van der Waals surface area contributed by atoms with E-state index in [2.05, 4.69) is 102 Å². The van der Waals surface area contributed by atoms with Crippen molar-refractivity contribution >= 4 is 72.1 Å². The van der Waals surface area contributed by atoms with Crippen LogP contribution in [0.3, 0.4) is 0 Å². The third kappa shape index (κ3) is 3.18. The van der Waals surface area contributed by atoms with E-state index in [-0.39, 0.29) is 0 Å². The zero-order valence-electron chi connectivity index (χ0n) is 18.8. The summed E-state index contributed by atoms with van der Waals surface area (Å²) in [5, 5.41) is 7.20. The quantitative estimate of drug-likeness (QED) is 0.256. The Hall–Kier alpha value is -4.27. The molecule has 1 aromatic heterocycles. The van der Waals surface area contributed by atoms with E-state index in [4.69, 9.17) is 16.0 Å². The summed E-state index contributed by atoms with van der Waals surface area (Å²) < 4.78 is 6.36. The molecule has 0 atom stereocenters. The van der Waals surface area contributed by atoms with Gasteiger partial charge in [0, 0.05) is 32.9 Å². The third-order valence-electron chi connectivity index (χ3n) is 6.68. The lowest BCUT2D eigenvalue weighted by atomic mass is 10.0. The van der Waals surface area contributed by atoms with Gasteiger partial charge in [-0.15, -0.1) is 0 Å². The van der Waals surface area contributed by atoms with E-state index in [1.807, 2.05) is 24.3 Å². The van der Waals surface area contributed by atoms with E-state index in [0.29, 0.717) is 5.02 Å². The van der Waals surface area contributed by atoms with Crippen LogP contribution < -0.4 is 4.90 Å². The van der Waals surface area contributed by atoms with Crippen molar-refractivity contribution in [1.82, 2.24) is 0 Å². The summed E-state index contributed by atoms with van der Waals surface area (Å²) in [7, 11) is 0. The van der Waals surface area contributed by atoms with Gasteiger partial charge in [-0.05, 0) is 53.2 Å². The molecule has 7 rings (SSSR count). The minimum atomic E-state index is 0.700. The van der Waals surface area contributed by atoms with Crippen LogP contribution in [-0.4, -0.2) is 0 Å². The van der Waals surface area contributed by atoms with Gasteiger partial charge < -0.3 is 9.32 Å². The van der Waals surface area contributed by atoms with Gasteiger partial charge in [0.05, 0.1) is 10.7 Å². The number of hydrogen-bond donors (Lipinski definition) is 0. The largest absolute Gasteiger partial charge is 0.455 e. The van der Waals surface area contributed by atoms with E-state index in [1.165, 1.54) is 10.8 Å². The molecule has 0 aliphatic heterocycles. The van der Waals surface area contributed by atoms with Crippen LogP contribution in [0.5, 0.6) is 0 Å². The summed E-state index contributed by atoms with van der Waals surface area (Å²) in [5.74, 6) is 0. The Morgan fingerprint density at radius 3 is 2.11 bits per heavy atom.